The second-order valence-electron chi connectivity index (χ2n) is 11.9. The van der Waals surface area contributed by atoms with Gasteiger partial charge < -0.3 is 25.5 Å². The third kappa shape index (κ3) is 6.65. The zero-order valence-electron chi connectivity index (χ0n) is 24.9. The SMILES string of the molecule is C[C@@H]1CN(c2cc(F)c(C3=CCCN(c4ncc(CO)cn4)C3)cc2NC(=O)C2CNC(=O)CC2C(F)(F)F)C[C@H](C)N1C. The van der Waals surface area contributed by atoms with Gasteiger partial charge in [0.2, 0.25) is 17.8 Å². The summed E-state index contributed by atoms with van der Waals surface area (Å²) in [6.07, 6.45) is -0.0929. The summed E-state index contributed by atoms with van der Waals surface area (Å²) in [7, 11) is 2.00. The van der Waals surface area contributed by atoms with Crippen LogP contribution in [0.15, 0.2) is 30.6 Å². The Morgan fingerprint density at radius 2 is 1.82 bits per heavy atom. The zero-order chi connectivity index (χ0) is 31.8. The van der Waals surface area contributed by atoms with E-state index in [2.05, 4.69) is 25.5 Å². The second-order valence-corrected chi connectivity index (χ2v) is 11.9. The first kappa shape index (κ1) is 31.6. The zero-order valence-corrected chi connectivity index (χ0v) is 24.9. The van der Waals surface area contributed by atoms with Crippen molar-refractivity contribution in [2.45, 2.75) is 51.6 Å². The quantitative estimate of drug-likeness (QED) is 0.423. The van der Waals surface area contributed by atoms with E-state index in [1.54, 1.807) is 0 Å². The topological polar surface area (TPSA) is 114 Å². The fourth-order valence-electron chi connectivity index (χ4n) is 6.10. The molecular formula is C30H37F4N7O3. The van der Waals surface area contributed by atoms with Gasteiger partial charge in [-0.3, -0.25) is 14.5 Å². The minimum atomic E-state index is -4.74. The molecule has 238 valence electrons. The molecule has 2 unspecified atom stereocenters. The molecule has 0 spiro atoms. The van der Waals surface area contributed by atoms with Gasteiger partial charge in [-0.15, -0.1) is 0 Å². The number of aromatic nitrogens is 2. The number of alkyl halides is 3. The van der Waals surface area contributed by atoms with Gasteiger partial charge >= 0.3 is 6.18 Å². The van der Waals surface area contributed by atoms with Gasteiger partial charge in [0.05, 0.1) is 29.8 Å². The minimum absolute atomic E-state index is 0.0973. The summed E-state index contributed by atoms with van der Waals surface area (Å²) >= 11 is 0. The molecule has 3 aliphatic rings. The summed E-state index contributed by atoms with van der Waals surface area (Å²) in [5.74, 6) is -5.43. The summed E-state index contributed by atoms with van der Waals surface area (Å²) in [6, 6.07) is 3.03. The lowest BCUT2D eigenvalue weighted by Gasteiger charge is -2.44. The molecule has 4 atom stereocenters. The maximum Gasteiger partial charge on any atom is 0.393 e. The average molecular weight is 620 g/mol. The fraction of sp³-hybridized carbons (Fsp3) is 0.533. The molecule has 44 heavy (non-hydrogen) atoms. The van der Waals surface area contributed by atoms with Crippen molar-refractivity contribution in [1.29, 1.82) is 0 Å². The Bertz CT molecular complexity index is 1410. The van der Waals surface area contributed by atoms with Crippen molar-refractivity contribution in [1.82, 2.24) is 20.2 Å². The Morgan fingerprint density at radius 1 is 1.14 bits per heavy atom. The fourth-order valence-corrected chi connectivity index (χ4v) is 6.10. The summed E-state index contributed by atoms with van der Waals surface area (Å²) in [6.45, 7) is 5.29. The highest BCUT2D eigenvalue weighted by molar-refractivity contribution is 5.98. The van der Waals surface area contributed by atoms with E-state index in [1.165, 1.54) is 24.5 Å². The van der Waals surface area contributed by atoms with Crippen molar-refractivity contribution >= 4 is 34.7 Å². The van der Waals surface area contributed by atoms with E-state index in [9.17, 15) is 27.9 Å². The van der Waals surface area contributed by atoms with Crippen molar-refractivity contribution in [2.24, 2.45) is 11.8 Å². The molecule has 2 fully saturated rings. The number of benzene rings is 1. The number of nitrogens with one attached hydrogen (secondary N) is 2. The van der Waals surface area contributed by atoms with Crippen molar-refractivity contribution in [2.75, 3.05) is 54.9 Å². The number of piperazine rings is 1. The number of aliphatic hydroxyl groups excluding tert-OH is 1. The van der Waals surface area contributed by atoms with E-state index in [4.69, 9.17) is 0 Å². The Labute approximate surface area is 253 Å². The number of carbonyl (C=O) groups excluding carboxylic acids is 2. The number of anilines is 3. The Hall–Kier alpha value is -3.78. The molecule has 2 saturated heterocycles. The van der Waals surface area contributed by atoms with Crippen molar-refractivity contribution in [3.8, 4) is 0 Å². The first-order chi connectivity index (χ1) is 20.8. The maximum absolute atomic E-state index is 16.0. The van der Waals surface area contributed by atoms with Crippen molar-refractivity contribution in [3.05, 3.63) is 47.5 Å². The maximum atomic E-state index is 16.0. The standard InChI is InChI=1S/C30H37F4N7O3/c1-17-13-41(14-18(2)39(17)3)26-9-24(31)21(20-5-4-6-40(15-20)29-36-10-19(16-42)11-37-29)7-25(26)38-28(44)22-12-35-27(43)8-23(22)30(32,33)34/h5,7,9-11,17-18,22-23,42H,4,6,8,12-16H2,1-3H3,(H,35,43)(H,38,44)/t17-,18+,22?,23?. The molecule has 1 aromatic heterocycles. The lowest BCUT2D eigenvalue weighted by atomic mass is 9.84. The molecule has 10 nitrogen and oxygen atoms in total. The van der Waals surface area contributed by atoms with Gasteiger partial charge in [0.25, 0.3) is 0 Å². The first-order valence-electron chi connectivity index (χ1n) is 14.7. The predicted octanol–water partition coefficient (Wildman–Crippen LogP) is 3.18. The van der Waals surface area contributed by atoms with Crippen LogP contribution in [-0.4, -0.2) is 89.8 Å². The number of aliphatic hydroxyl groups is 1. The summed E-state index contributed by atoms with van der Waals surface area (Å²) in [5, 5.41) is 14.4. The number of piperidine rings is 1. The summed E-state index contributed by atoms with van der Waals surface area (Å²) in [4.78, 5) is 39.9. The van der Waals surface area contributed by atoms with Gasteiger partial charge in [0.15, 0.2) is 0 Å². The molecule has 2 aromatic rings. The van der Waals surface area contributed by atoms with Crippen LogP contribution < -0.4 is 20.4 Å². The van der Waals surface area contributed by atoms with Crippen LogP contribution in [0.5, 0.6) is 0 Å². The van der Waals surface area contributed by atoms with E-state index in [1.807, 2.05) is 36.8 Å². The lowest BCUT2D eigenvalue weighted by Crippen LogP contribution is -2.55. The molecule has 3 N–H and O–H groups in total. The number of hydrogen-bond donors (Lipinski definition) is 3. The number of hydrogen-bond acceptors (Lipinski definition) is 8. The smallest absolute Gasteiger partial charge is 0.392 e. The number of carbonyl (C=O) groups is 2. The molecule has 1 aromatic carbocycles. The molecule has 4 heterocycles. The van der Waals surface area contributed by atoms with Crippen LogP contribution in [-0.2, 0) is 16.2 Å². The van der Waals surface area contributed by atoms with Crippen molar-refractivity contribution < 1.29 is 32.3 Å². The molecule has 0 aliphatic carbocycles. The van der Waals surface area contributed by atoms with Crippen LogP contribution in [0, 0.1) is 17.7 Å². The number of nitrogens with zero attached hydrogens (tertiary/aromatic N) is 5. The Kier molecular flexibility index (Phi) is 9.12. The highest BCUT2D eigenvalue weighted by atomic mass is 19.4. The highest BCUT2D eigenvalue weighted by Crippen LogP contribution is 2.39. The van der Waals surface area contributed by atoms with Crippen LogP contribution in [0.3, 0.4) is 0 Å². The van der Waals surface area contributed by atoms with Gasteiger partial charge in [0.1, 0.15) is 5.82 Å². The lowest BCUT2D eigenvalue weighted by molar-refractivity contribution is -0.197. The molecule has 2 amide bonds. The molecule has 14 heteroatoms. The van der Waals surface area contributed by atoms with Crippen molar-refractivity contribution in [3.63, 3.8) is 0 Å². The van der Waals surface area contributed by atoms with E-state index < -0.39 is 48.6 Å². The monoisotopic (exact) mass is 619 g/mol. The minimum Gasteiger partial charge on any atom is -0.392 e. The van der Waals surface area contributed by atoms with Crippen LogP contribution in [0.25, 0.3) is 5.57 Å². The molecule has 3 aliphatic heterocycles. The molecular weight excluding hydrogens is 582 g/mol. The average Bonchev–Trinajstić information content (AvgIpc) is 2.99. The molecule has 0 bridgehead atoms. The van der Waals surface area contributed by atoms with E-state index in [0.29, 0.717) is 48.8 Å². The van der Waals surface area contributed by atoms with Crippen LogP contribution in [0.1, 0.15) is 37.8 Å². The van der Waals surface area contributed by atoms with Gasteiger partial charge in [-0.2, -0.15) is 13.2 Å². The molecule has 5 rings (SSSR count). The largest absolute Gasteiger partial charge is 0.393 e. The Balaban J connectivity index is 1.49. The first-order valence-corrected chi connectivity index (χ1v) is 14.7. The van der Waals surface area contributed by atoms with Crippen LogP contribution in [0.2, 0.25) is 0 Å². The van der Waals surface area contributed by atoms with E-state index in [-0.39, 0.29) is 36.5 Å². The number of rotatable bonds is 6. The second kappa shape index (κ2) is 12.7. The van der Waals surface area contributed by atoms with Gasteiger partial charge in [-0.25, -0.2) is 14.4 Å². The van der Waals surface area contributed by atoms with Crippen LogP contribution >= 0.6 is 0 Å². The number of likely N-dealkylation sites (N-methyl/N-ethyl adjacent to an activating group) is 1. The van der Waals surface area contributed by atoms with Gasteiger partial charge in [-0.05, 0) is 45.0 Å². The van der Waals surface area contributed by atoms with Crippen LogP contribution in [0.4, 0.5) is 34.9 Å². The highest BCUT2D eigenvalue weighted by Gasteiger charge is 2.50. The number of amides is 2. The van der Waals surface area contributed by atoms with Gasteiger partial charge in [-0.1, -0.05) is 6.08 Å². The molecule has 0 radical (unpaired) electrons. The third-order valence-corrected chi connectivity index (χ3v) is 8.87. The van der Waals surface area contributed by atoms with E-state index in [0.717, 1.165) is 0 Å². The number of halogens is 4. The summed E-state index contributed by atoms with van der Waals surface area (Å²) in [5.41, 5.74) is 1.96. The molecule has 0 saturated carbocycles. The Morgan fingerprint density at radius 3 is 2.45 bits per heavy atom. The van der Waals surface area contributed by atoms with Gasteiger partial charge in [0, 0.05) is 74.7 Å². The predicted molar refractivity (Wildman–Crippen MR) is 157 cm³/mol. The summed E-state index contributed by atoms with van der Waals surface area (Å²) < 4.78 is 57.6. The van der Waals surface area contributed by atoms with E-state index >= 15 is 4.39 Å². The third-order valence-electron chi connectivity index (χ3n) is 8.87. The normalized spacial score (nSPS) is 25.0.